The molecule has 1 aliphatic rings. The average Bonchev–Trinajstić information content (AvgIpc) is 2.37. The second-order valence-corrected chi connectivity index (χ2v) is 6.18. The Balaban J connectivity index is 2.15. The van der Waals surface area contributed by atoms with Crippen LogP contribution in [0.5, 0.6) is 0 Å². The van der Waals surface area contributed by atoms with Crippen molar-refractivity contribution in [2.75, 3.05) is 24.5 Å². The zero-order valence-electron chi connectivity index (χ0n) is 11.9. The minimum absolute atomic E-state index is 0.0431. The van der Waals surface area contributed by atoms with E-state index in [1.54, 1.807) is 0 Å². The number of carbonyl (C=O) groups is 1. The van der Waals surface area contributed by atoms with E-state index in [0.29, 0.717) is 13.1 Å². The third-order valence-corrected chi connectivity index (χ3v) is 3.52. The Hall–Kier alpha value is -1.55. The normalized spacial score (nSPS) is 20.3. The van der Waals surface area contributed by atoms with Gasteiger partial charge in [-0.25, -0.2) is 0 Å². The maximum absolute atomic E-state index is 11.6. The Morgan fingerprint density at radius 2 is 1.95 bits per heavy atom. The van der Waals surface area contributed by atoms with Gasteiger partial charge in [0.1, 0.15) is 0 Å². The molecule has 1 aliphatic heterocycles. The van der Waals surface area contributed by atoms with E-state index < -0.39 is 0 Å². The molecule has 4 nitrogen and oxygen atoms in total. The molecule has 1 heterocycles. The largest absolute Gasteiger partial charge is 0.360 e. The summed E-state index contributed by atoms with van der Waals surface area (Å²) in [5.41, 5.74) is 8.18. The Bertz CT molecular complexity index is 447. The molecule has 0 saturated carbocycles. The fourth-order valence-electron chi connectivity index (χ4n) is 2.33. The van der Waals surface area contributed by atoms with Gasteiger partial charge in [0.2, 0.25) is 5.91 Å². The molecule has 1 atom stereocenters. The molecule has 1 fully saturated rings. The third kappa shape index (κ3) is 3.26. The molecule has 0 bridgehead atoms. The minimum atomic E-state index is 0.0431. The molecule has 1 aromatic rings. The first kappa shape index (κ1) is 13.9. The Labute approximate surface area is 115 Å². The highest BCUT2D eigenvalue weighted by atomic mass is 16.2. The monoisotopic (exact) mass is 261 g/mol. The lowest BCUT2D eigenvalue weighted by atomic mass is 9.87. The molecule has 0 radical (unpaired) electrons. The van der Waals surface area contributed by atoms with Crippen LogP contribution in [0.15, 0.2) is 24.3 Å². The van der Waals surface area contributed by atoms with E-state index in [1.807, 2.05) is 0 Å². The maximum Gasteiger partial charge on any atom is 0.239 e. The number of benzene rings is 1. The van der Waals surface area contributed by atoms with E-state index in [0.717, 1.165) is 12.2 Å². The lowest BCUT2D eigenvalue weighted by molar-refractivity contribution is -0.121. The highest BCUT2D eigenvalue weighted by Crippen LogP contribution is 2.25. The number of nitrogens with one attached hydrogen (secondary N) is 1. The second kappa shape index (κ2) is 5.21. The number of anilines is 1. The van der Waals surface area contributed by atoms with Gasteiger partial charge in [-0.2, -0.15) is 0 Å². The first-order valence-corrected chi connectivity index (χ1v) is 6.75. The summed E-state index contributed by atoms with van der Waals surface area (Å²) in [6.07, 6.45) is 0. The SMILES string of the molecule is CC(C)(C)c1ccc(N2CC(=O)NC(CN)C2)cc1. The van der Waals surface area contributed by atoms with E-state index in [2.05, 4.69) is 55.3 Å². The zero-order valence-corrected chi connectivity index (χ0v) is 11.9. The van der Waals surface area contributed by atoms with Gasteiger partial charge in [-0.1, -0.05) is 32.9 Å². The van der Waals surface area contributed by atoms with Crippen LogP contribution in [0.25, 0.3) is 0 Å². The summed E-state index contributed by atoms with van der Waals surface area (Å²) in [5.74, 6) is 0.0431. The minimum Gasteiger partial charge on any atom is -0.360 e. The standard InChI is InChI=1S/C15H23N3O/c1-15(2,3)11-4-6-13(7-5-11)18-9-12(8-16)17-14(19)10-18/h4-7,12H,8-10,16H2,1-3H3,(H,17,19). The summed E-state index contributed by atoms with van der Waals surface area (Å²) in [4.78, 5) is 13.7. The molecule has 0 aliphatic carbocycles. The van der Waals surface area contributed by atoms with E-state index in [9.17, 15) is 4.79 Å². The molecule has 1 unspecified atom stereocenters. The number of rotatable bonds is 2. The van der Waals surface area contributed by atoms with Crippen molar-refractivity contribution in [1.82, 2.24) is 5.32 Å². The first-order chi connectivity index (χ1) is 8.90. The quantitative estimate of drug-likeness (QED) is 0.842. The van der Waals surface area contributed by atoms with Crippen LogP contribution >= 0.6 is 0 Å². The first-order valence-electron chi connectivity index (χ1n) is 6.75. The number of nitrogens with two attached hydrogens (primary N) is 1. The lowest BCUT2D eigenvalue weighted by Crippen LogP contribution is -2.56. The third-order valence-electron chi connectivity index (χ3n) is 3.52. The number of piperazine rings is 1. The van der Waals surface area contributed by atoms with Gasteiger partial charge in [0, 0.05) is 18.8 Å². The van der Waals surface area contributed by atoms with Crippen molar-refractivity contribution in [2.45, 2.75) is 32.2 Å². The molecule has 1 aromatic carbocycles. The van der Waals surface area contributed by atoms with E-state index >= 15 is 0 Å². The van der Waals surface area contributed by atoms with Gasteiger partial charge >= 0.3 is 0 Å². The van der Waals surface area contributed by atoms with E-state index in [1.165, 1.54) is 5.56 Å². The number of hydrogen-bond acceptors (Lipinski definition) is 3. The molecule has 19 heavy (non-hydrogen) atoms. The summed E-state index contributed by atoms with van der Waals surface area (Å²) in [5, 5.41) is 2.90. The lowest BCUT2D eigenvalue weighted by Gasteiger charge is -2.34. The van der Waals surface area contributed by atoms with Crippen LogP contribution < -0.4 is 16.0 Å². The fraction of sp³-hybridized carbons (Fsp3) is 0.533. The fourth-order valence-corrected chi connectivity index (χ4v) is 2.33. The van der Waals surface area contributed by atoms with Crippen molar-refractivity contribution in [3.8, 4) is 0 Å². The molecule has 1 saturated heterocycles. The van der Waals surface area contributed by atoms with Crippen LogP contribution in [0, 0.1) is 0 Å². The number of hydrogen-bond donors (Lipinski definition) is 2. The zero-order chi connectivity index (χ0) is 14.0. The predicted molar refractivity (Wildman–Crippen MR) is 78.3 cm³/mol. The van der Waals surface area contributed by atoms with Crippen molar-refractivity contribution >= 4 is 11.6 Å². The Morgan fingerprint density at radius 3 is 2.47 bits per heavy atom. The van der Waals surface area contributed by atoms with Crippen LogP contribution in [0.4, 0.5) is 5.69 Å². The smallest absolute Gasteiger partial charge is 0.239 e. The Morgan fingerprint density at radius 1 is 1.32 bits per heavy atom. The van der Waals surface area contributed by atoms with Crippen LogP contribution in [0.2, 0.25) is 0 Å². The highest BCUT2D eigenvalue weighted by molar-refractivity contribution is 5.83. The van der Waals surface area contributed by atoms with Gasteiger partial charge in [0.15, 0.2) is 0 Å². The second-order valence-electron chi connectivity index (χ2n) is 6.18. The molecule has 2 rings (SSSR count). The molecule has 4 heteroatoms. The summed E-state index contributed by atoms with van der Waals surface area (Å²) in [6.45, 7) is 8.24. The number of amides is 1. The van der Waals surface area contributed by atoms with Gasteiger partial charge in [0.05, 0.1) is 12.6 Å². The molecular weight excluding hydrogens is 238 g/mol. The average molecular weight is 261 g/mol. The van der Waals surface area contributed by atoms with Gasteiger partial charge in [-0.05, 0) is 23.1 Å². The molecule has 3 N–H and O–H groups in total. The van der Waals surface area contributed by atoms with Gasteiger partial charge < -0.3 is 16.0 Å². The molecule has 0 spiro atoms. The highest BCUT2D eigenvalue weighted by Gasteiger charge is 2.24. The maximum atomic E-state index is 11.6. The van der Waals surface area contributed by atoms with Crippen molar-refractivity contribution < 1.29 is 4.79 Å². The predicted octanol–water partition coefficient (Wildman–Crippen LogP) is 1.25. The summed E-state index contributed by atoms with van der Waals surface area (Å²) in [7, 11) is 0. The summed E-state index contributed by atoms with van der Waals surface area (Å²) >= 11 is 0. The number of carbonyl (C=O) groups excluding carboxylic acids is 1. The topological polar surface area (TPSA) is 58.4 Å². The van der Waals surface area contributed by atoms with E-state index in [4.69, 9.17) is 5.73 Å². The van der Waals surface area contributed by atoms with Crippen LogP contribution in [-0.4, -0.2) is 31.6 Å². The molecule has 1 amide bonds. The van der Waals surface area contributed by atoms with Gasteiger partial charge in [0.25, 0.3) is 0 Å². The molecular formula is C15H23N3O. The van der Waals surface area contributed by atoms with Gasteiger partial charge in [-0.3, -0.25) is 4.79 Å². The van der Waals surface area contributed by atoms with Crippen molar-refractivity contribution in [2.24, 2.45) is 5.73 Å². The summed E-state index contributed by atoms with van der Waals surface area (Å²) < 4.78 is 0. The van der Waals surface area contributed by atoms with E-state index in [-0.39, 0.29) is 17.4 Å². The Kier molecular flexibility index (Phi) is 3.80. The van der Waals surface area contributed by atoms with Crippen molar-refractivity contribution in [3.63, 3.8) is 0 Å². The van der Waals surface area contributed by atoms with Crippen molar-refractivity contribution in [3.05, 3.63) is 29.8 Å². The van der Waals surface area contributed by atoms with Crippen LogP contribution in [0.1, 0.15) is 26.3 Å². The molecule has 104 valence electrons. The van der Waals surface area contributed by atoms with Crippen LogP contribution in [-0.2, 0) is 10.2 Å². The number of nitrogens with zero attached hydrogens (tertiary/aromatic N) is 1. The molecule has 0 aromatic heterocycles. The van der Waals surface area contributed by atoms with Crippen molar-refractivity contribution in [1.29, 1.82) is 0 Å². The van der Waals surface area contributed by atoms with Gasteiger partial charge in [-0.15, -0.1) is 0 Å². The summed E-state index contributed by atoms with van der Waals surface area (Å²) in [6, 6.07) is 8.50. The van der Waals surface area contributed by atoms with Crippen LogP contribution in [0.3, 0.4) is 0 Å².